The lowest BCUT2D eigenvalue weighted by Crippen LogP contribution is -2.23. The van der Waals surface area contributed by atoms with Gasteiger partial charge in [-0.05, 0) is 25.0 Å². The summed E-state index contributed by atoms with van der Waals surface area (Å²) in [6, 6.07) is 5.73. The lowest BCUT2D eigenvalue weighted by atomic mass is 10.3. The molecule has 1 aromatic rings. The van der Waals surface area contributed by atoms with Gasteiger partial charge in [0.05, 0.1) is 21.8 Å². The van der Waals surface area contributed by atoms with Crippen molar-refractivity contribution in [2.75, 3.05) is 5.32 Å². The molecule has 1 fully saturated rings. The van der Waals surface area contributed by atoms with E-state index in [-0.39, 0.29) is 0 Å². The molecule has 0 bridgehead atoms. The van der Waals surface area contributed by atoms with Crippen molar-refractivity contribution in [3.8, 4) is 0 Å². The molecule has 1 saturated carbocycles. The minimum atomic E-state index is 0.385. The Kier molecular flexibility index (Phi) is 3.03. The Hall–Kier alpha value is -0.930. The van der Waals surface area contributed by atoms with Gasteiger partial charge in [0, 0.05) is 0 Å². The second-order valence-corrected chi connectivity index (χ2v) is 4.26. The van der Waals surface area contributed by atoms with Crippen LogP contribution >= 0.6 is 23.2 Å². The number of nitrogens with one attached hydrogen (secondary N) is 1. The highest BCUT2D eigenvalue weighted by molar-refractivity contribution is 6.43. The number of aliphatic imine (C=N–C) groups is 1. The predicted octanol–water partition coefficient (Wildman–Crippen LogP) is 2.88. The highest BCUT2D eigenvalue weighted by Gasteiger charge is 2.20. The average molecular weight is 244 g/mol. The van der Waals surface area contributed by atoms with Crippen molar-refractivity contribution in [2.45, 2.75) is 18.9 Å². The molecule has 15 heavy (non-hydrogen) atoms. The zero-order chi connectivity index (χ0) is 10.8. The van der Waals surface area contributed by atoms with Gasteiger partial charge < -0.3 is 11.1 Å². The topological polar surface area (TPSA) is 50.4 Å². The third-order valence-electron chi connectivity index (χ3n) is 2.08. The molecular formula is C10H11Cl2N3. The van der Waals surface area contributed by atoms with E-state index < -0.39 is 0 Å². The number of nitrogens with two attached hydrogens (primary N) is 1. The first kappa shape index (κ1) is 10.6. The summed E-state index contributed by atoms with van der Waals surface area (Å²) in [4.78, 5) is 4.24. The van der Waals surface area contributed by atoms with E-state index in [1.165, 1.54) is 0 Å². The Morgan fingerprint density at radius 1 is 1.40 bits per heavy atom. The Morgan fingerprint density at radius 2 is 2.13 bits per heavy atom. The normalized spacial score (nSPS) is 16.5. The fraction of sp³-hybridized carbons (Fsp3) is 0.300. The number of halogens is 2. The summed E-state index contributed by atoms with van der Waals surface area (Å²) in [6.45, 7) is 0. The number of guanidine groups is 1. The first-order valence-corrected chi connectivity index (χ1v) is 5.46. The average Bonchev–Trinajstić information content (AvgIpc) is 2.97. The number of rotatable bonds is 2. The van der Waals surface area contributed by atoms with E-state index in [2.05, 4.69) is 10.3 Å². The molecule has 0 atom stereocenters. The molecule has 1 aliphatic rings. The van der Waals surface area contributed by atoms with Gasteiger partial charge in [0.1, 0.15) is 0 Å². The van der Waals surface area contributed by atoms with Crippen LogP contribution in [0.3, 0.4) is 0 Å². The minimum Gasteiger partial charge on any atom is -0.370 e. The van der Waals surface area contributed by atoms with Gasteiger partial charge in [-0.2, -0.15) is 0 Å². The van der Waals surface area contributed by atoms with Crippen LogP contribution in [0.15, 0.2) is 23.2 Å². The summed E-state index contributed by atoms with van der Waals surface area (Å²) in [5.41, 5.74) is 6.39. The van der Waals surface area contributed by atoms with E-state index in [1.54, 1.807) is 12.1 Å². The minimum absolute atomic E-state index is 0.385. The van der Waals surface area contributed by atoms with E-state index in [1.807, 2.05) is 6.07 Å². The summed E-state index contributed by atoms with van der Waals surface area (Å²) in [7, 11) is 0. The molecule has 1 aromatic carbocycles. The molecule has 5 heteroatoms. The monoisotopic (exact) mass is 243 g/mol. The van der Waals surface area contributed by atoms with Gasteiger partial charge in [-0.1, -0.05) is 29.3 Å². The summed E-state index contributed by atoms with van der Waals surface area (Å²) in [6.07, 6.45) is 2.23. The van der Waals surface area contributed by atoms with Gasteiger partial charge in [0.2, 0.25) is 0 Å². The highest BCUT2D eigenvalue weighted by atomic mass is 35.5. The molecule has 2 rings (SSSR count). The molecule has 1 aliphatic carbocycles. The van der Waals surface area contributed by atoms with Crippen molar-refractivity contribution in [2.24, 2.45) is 10.7 Å². The number of hydrogen-bond acceptors (Lipinski definition) is 1. The van der Waals surface area contributed by atoms with Crippen LogP contribution in [-0.4, -0.2) is 12.0 Å². The van der Waals surface area contributed by atoms with Crippen molar-refractivity contribution in [3.05, 3.63) is 28.2 Å². The van der Waals surface area contributed by atoms with Crippen LogP contribution in [0.1, 0.15) is 12.8 Å². The van der Waals surface area contributed by atoms with E-state index in [0.29, 0.717) is 27.7 Å². The molecule has 80 valence electrons. The fourth-order valence-electron chi connectivity index (χ4n) is 1.17. The Labute approximate surface area is 98.3 Å². The lowest BCUT2D eigenvalue weighted by Gasteiger charge is -2.08. The van der Waals surface area contributed by atoms with Gasteiger partial charge >= 0.3 is 0 Å². The summed E-state index contributed by atoms with van der Waals surface area (Å²) in [5.74, 6) is 0.390. The smallest absolute Gasteiger partial charge is 0.193 e. The van der Waals surface area contributed by atoms with Crippen molar-refractivity contribution < 1.29 is 0 Å². The lowest BCUT2D eigenvalue weighted by molar-refractivity contribution is 1.06. The Bertz CT molecular complexity index is 400. The van der Waals surface area contributed by atoms with Crippen LogP contribution in [0.25, 0.3) is 0 Å². The molecule has 0 amide bonds. The summed E-state index contributed by atoms with van der Waals surface area (Å²) < 4.78 is 0. The molecule has 0 heterocycles. The van der Waals surface area contributed by atoms with E-state index >= 15 is 0 Å². The summed E-state index contributed by atoms with van der Waals surface area (Å²) in [5, 5.41) is 3.90. The zero-order valence-corrected chi connectivity index (χ0v) is 9.52. The first-order chi connectivity index (χ1) is 7.16. The van der Waals surface area contributed by atoms with Crippen LogP contribution < -0.4 is 11.1 Å². The van der Waals surface area contributed by atoms with Crippen LogP contribution in [0.5, 0.6) is 0 Å². The van der Waals surface area contributed by atoms with Crippen LogP contribution in [0, 0.1) is 0 Å². The third kappa shape index (κ3) is 2.76. The molecule has 0 saturated heterocycles. The quantitative estimate of drug-likeness (QED) is 0.620. The summed E-state index contributed by atoms with van der Waals surface area (Å²) >= 11 is 11.8. The van der Waals surface area contributed by atoms with Crippen molar-refractivity contribution in [1.82, 2.24) is 0 Å². The standard InChI is InChI=1S/C10H11Cl2N3/c11-7-2-1-3-8(9(7)12)15-10(13)14-6-4-5-6/h1-3,6H,4-5H2,(H3,13,14,15). The molecule has 3 N–H and O–H groups in total. The predicted molar refractivity (Wildman–Crippen MR) is 64.7 cm³/mol. The molecule has 0 aromatic heterocycles. The van der Waals surface area contributed by atoms with Crippen LogP contribution in [0.2, 0.25) is 10.0 Å². The first-order valence-electron chi connectivity index (χ1n) is 4.71. The van der Waals surface area contributed by atoms with Gasteiger partial charge in [0.25, 0.3) is 0 Å². The second kappa shape index (κ2) is 4.29. The third-order valence-corrected chi connectivity index (χ3v) is 2.90. The van der Waals surface area contributed by atoms with Gasteiger partial charge in [-0.25, -0.2) is 4.99 Å². The number of nitrogens with zero attached hydrogens (tertiary/aromatic N) is 1. The van der Waals surface area contributed by atoms with Crippen molar-refractivity contribution in [1.29, 1.82) is 0 Å². The Balaban J connectivity index is 2.12. The largest absolute Gasteiger partial charge is 0.370 e. The van der Waals surface area contributed by atoms with E-state index in [9.17, 15) is 0 Å². The maximum Gasteiger partial charge on any atom is 0.193 e. The van der Waals surface area contributed by atoms with Gasteiger partial charge in [-0.15, -0.1) is 0 Å². The highest BCUT2D eigenvalue weighted by Crippen LogP contribution is 2.29. The molecule has 0 aliphatic heterocycles. The van der Waals surface area contributed by atoms with E-state index in [4.69, 9.17) is 28.9 Å². The number of anilines is 1. The van der Waals surface area contributed by atoms with Crippen LogP contribution in [0.4, 0.5) is 5.69 Å². The maximum absolute atomic E-state index is 5.98. The second-order valence-electron chi connectivity index (χ2n) is 3.47. The number of hydrogen-bond donors (Lipinski definition) is 2. The van der Waals surface area contributed by atoms with Gasteiger partial charge in [0.15, 0.2) is 5.96 Å². The zero-order valence-electron chi connectivity index (χ0n) is 8.00. The fourth-order valence-corrected chi connectivity index (χ4v) is 1.52. The SMILES string of the molecule is NC(=NC1CC1)Nc1cccc(Cl)c1Cl. The molecular weight excluding hydrogens is 233 g/mol. The molecule has 0 unspecified atom stereocenters. The Morgan fingerprint density at radius 3 is 2.80 bits per heavy atom. The molecule has 0 radical (unpaired) electrons. The van der Waals surface area contributed by atoms with Gasteiger partial charge in [-0.3, -0.25) is 0 Å². The molecule has 3 nitrogen and oxygen atoms in total. The van der Waals surface area contributed by atoms with Crippen molar-refractivity contribution in [3.63, 3.8) is 0 Å². The van der Waals surface area contributed by atoms with Crippen LogP contribution in [-0.2, 0) is 0 Å². The number of benzene rings is 1. The maximum atomic E-state index is 5.98. The van der Waals surface area contributed by atoms with Crippen molar-refractivity contribution >= 4 is 34.8 Å². The van der Waals surface area contributed by atoms with E-state index in [0.717, 1.165) is 12.8 Å². The molecule has 0 spiro atoms.